The summed E-state index contributed by atoms with van der Waals surface area (Å²) >= 11 is 0. The number of methoxy groups -OCH3 is 1. The van der Waals surface area contributed by atoms with Crippen LogP contribution in [0, 0.1) is 0 Å². The van der Waals surface area contributed by atoms with Gasteiger partial charge in [0.2, 0.25) is 0 Å². The van der Waals surface area contributed by atoms with Crippen molar-refractivity contribution in [1.82, 2.24) is 5.32 Å². The average Bonchev–Trinajstić information content (AvgIpc) is 2.97. The summed E-state index contributed by atoms with van der Waals surface area (Å²) in [6, 6.07) is 17.3. The Bertz CT molecular complexity index is 849. The van der Waals surface area contributed by atoms with Crippen LogP contribution in [0.4, 0.5) is 5.69 Å². The Hall–Kier alpha value is -2.33. The molecular formula is C20H20N2O2. The summed E-state index contributed by atoms with van der Waals surface area (Å²) < 4.78 is 5.20. The molecule has 1 fully saturated rings. The van der Waals surface area contributed by atoms with Gasteiger partial charge in [-0.2, -0.15) is 0 Å². The molecule has 2 bridgehead atoms. The minimum Gasteiger partial charge on any atom is -0.467 e. The van der Waals surface area contributed by atoms with E-state index in [1.165, 1.54) is 23.8 Å². The van der Waals surface area contributed by atoms with Crippen LogP contribution in [-0.2, 0) is 9.53 Å². The molecule has 4 nitrogen and oxygen atoms in total. The van der Waals surface area contributed by atoms with Crippen molar-refractivity contribution in [3.05, 3.63) is 65.2 Å². The molecule has 3 aliphatic heterocycles. The first-order chi connectivity index (χ1) is 11.6. The molecule has 0 spiro atoms. The molecule has 4 heteroatoms. The van der Waals surface area contributed by atoms with Gasteiger partial charge in [-0.3, -0.25) is 5.32 Å². The van der Waals surface area contributed by atoms with Gasteiger partial charge in [0, 0.05) is 24.1 Å². The van der Waals surface area contributed by atoms with E-state index in [4.69, 9.17) is 4.74 Å². The summed E-state index contributed by atoms with van der Waals surface area (Å²) in [7, 11) is 1.48. The molecule has 24 heavy (non-hydrogen) atoms. The lowest BCUT2D eigenvalue weighted by atomic mass is 9.75. The van der Waals surface area contributed by atoms with E-state index in [9.17, 15) is 4.79 Å². The van der Waals surface area contributed by atoms with Crippen LogP contribution >= 0.6 is 0 Å². The summed E-state index contributed by atoms with van der Waals surface area (Å²) in [4.78, 5) is 15.0. The summed E-state index contributed by atoms with van der Waals surface area (Å²) in [5.74, 6) is 0.0896. The monoisotopic (exact) mass is 320 g/mol. The quantitative estimate of drug-likeness (QED) is 0.820. The predicted octanol–water partition coefficient (Wildman–Crippen LogP) is 2.94. The number of carbonyl (C=O) groups excluding carboxylic acids is 1. The molecular weight excluding hydrogens is 300 g/mol. The largest absolute Gasteiger partial charge is 0.467 e. The SMILES string of the molecule is COC(=O)[C@@]1(C)C[C@H]2N[C@H]3[C@@H](c4ccccc42)c2ccccc2N31. The highest BCUT2D eigenvalue weighted by Crippen LogP contribution is 2.55. The van der Waals surface area contributed by atoms with Crippen LogP contribution < -0.4 is 10.2 Å². The van der Waals surface area contributed by atoms with Crippen LogP contribution in [-0.4, -0.2) is 24.8 Å². The van der Waals surface area contributed by atoms with Crippen molar-refractivity contribution in [3.8, 4) is 0 Å². The first kappa shape index (κ1) is 14.1. The van der Waals surface area contributed by atoms with Crippen molar-refractivity contribution in [2.45, 2.75) is 37.0 Å². The Morgan fingerprint density at radius 2 is 1.79 bits per heavy atom. The summed E-state index contributed by atoms with van der Waals surface area (Å²) in [5, 5.41) is 3.77. The maximum Gasteiger partial charge on any atom is 0.331 e. The average molecular weight is 320 g/mol. The third kappa shape index (κ3) is 1.54. The van der Waals surface area contributed by atoms with Crippen molar-refractivity contribution >= 4 is 11.7 Å². The van der Waals surface area contributed by atoms with Gasteiger partial charge in [-0.05, 0) is 29.7 Å². The molecule has 1 N–H and O–H groups in total. The van der Waals surface area contributed by atoms with Crippen molar-refractivity contribution in [1.29, 1.82) is 0 Å². The van der Waals surface area contributed by atoms with E-state index in [1.54, 1.807) is 0 Å². The Labute approximate surface area is 141 Å². The summed E-state index contributed by atoms with van der Waals surface area (Å²) in [6.07, 6.45) is 0.800. The molecule has 4 atom stereocenters. The van der Waals surface area contributed by atoms with Gasteiger partial charge in [0.25, 0.3) is 0 Å². The van der Waals surface area contributed by atoms with E-state index >= 15 is 0 Å². The lowest BCUT2D eigenvalue weighted by Gasteiger charge is -2.53. The third-order valence-corrected chi connectivity index (χ3v) is 5.96. The second-order valence-electron chi connectivity index (χ2n) is 7.17. The molecule has 122 valence electrons. The van der Waals surface area contributed by atoms with Gasteiger partial charge in [0.15, 0.2) is 0 Å². The van der Waals surface area contributed by atoms with Crippen LogP contribution in [0.1, 0.15) is 42.0 Å². The zero-order chi connectivity index (χ0) is 16.5. The smallest absolute Gasteiger partial charge is 0.331 e. The number of para-hydroxylation sites is 1. The van der Waals surface area contributed by atoms with Crippen molar-refractivity contribution in [2.24, 2.45) is 0 Å². The zero-order valence-electron chi connectivity index (χ0n) is 13.8. The Morgan fingerprint density at radius 1 is 1.12 bits per heavy atom. The minimum absolute atomic E-state index is 0.0974. The van der Waals surface area contributed by atoms with Crippen LogP contribution in [0.15, 0.2) is 48.5 Å². The number of rotatable bonds is 1. The molecule has 1 saturated heterocycles. The van der Waals surface area contributed by atoms with Gasteiger partial charge in [0.1, 0.15) is 5.54 Å². The summed E-state index contributed by atoms with van der Waals surface area (Å²) in [5.41, 5.74) is 4.47. The molecule has 2 aromatic carbocycles. The molecule has 0 aliphatic carbocycles. The maximum absolute atomic E-state index is 12.7. The number of nitrogens with zero attached hydrogens (tertiary/aromatic N) is 1. The van der Waals surface area contributed by atoms with E-state index in [-0.39, 0.29) is 24.1 Å². The number of nitrogens with one attached hydrogen (secondary N) is 1. The van der Waals surface area contributed by atoms with Gasteiger partial charge in [-0.25, -0.2) is 4.79 Å². The van der Waals surface area contributed by atoms with Crippen LogP contribution in [0.3, 0.4) is 0 Å². The lowest BCUT2D eigenvalue weighted by molar-refractivity contribution is -0.148. The van der Waals surface area contributed by atoms with Gasteiger partial charge in [-0.1, -0.05) is 42.5 Å². The zero-order valence-corrected chi connectivity index (χ0v) is 13.8. The number of hydrogen-bond donors (Lipinski definition) is 1. The van der Waals surface area contributed by atoms with Gasteiger partial charge in [0.05, 0.1) is 13.3 Å². The molecule has 0 amide bonds. The van der Waals surface area contributed by atoms with Crippen LogP contribution in [0.25, 0.3) is 0 Å². The fourth-order valence-electron chi connectivity index (χ4n) is 4.99. The molecule has 0 saturated carbocycles. The van der Waals surface area contributed by atoms with Crippen molar-refractivity contribution < 1.29 is 9.53 Å². The lowest BCUT2D eigenvalue weighted by Crippen LogP contribution is -2.67. The number of carbonyl (C=O) groups is 1. The molecule has 2 aromatic rings. The van der Waals surface area contributed by atoms with E-state index < -0.39 is 5.54 Å². The second-order valence-corrected chi connectivity index (χ2v) is 7.17. The normalized spacial score (nSPS) is 32.1. The van der Waals surface area contributed by atoms with Gasteiger partial charge in [-0.15, -0.1) is 0 Å². The maximum atomic E-state index is 12.7. The summed E-state index contributed by atoms with van der Waals surface area (Å²) in [6.45, 7) is 2.02. The van der Waals surface area contributed by atoms with Gasteiger partial charge < -0.3 is 9.64 Å². The van der Waals surface area contributed by atoms with Crippen LogP contribution in [0.5, 0.6) is 0 Å². The fraction of sp³-hybridized carbons (Fsp3) is 0.350. The molecule has 0 radical (unpaired) electrons. The Kier molecular flexibility index (Phi) is 2.70. The number of benzene rings is 2. The predicted molar refractivity (Wildman–Crippen MR) is 91.9 cm³/mol. The molecule has 3 heterocycles. The van der Waals surface area contributed by atoms with Crippen molar-refractivity contribution in [2.75, 3.05) is 12.0 Å². The number of hydrogen-bond acceptors (Lipinski definition) is 4. The Balaban J connectivity index is 1.81. The van der Waals surface area contributed by atoms with E-state index in [0.717, 1.165) is 5.69 Å². The Morgan fingerprint density at radius 3 is 2.54 bits per heavy atom. The number of fused-ring (bicyclic) bond motifs is 7. The van der Waals surface area contributed by atoms with Crippen molar-refractivity contribution in [3.63, 3.8) is 0 Å². The highest BCUT2D eigenvalue weighted by atomic mass is 16.5. The molecule has 3 aliphatic rings. The number of anilines is 1. The molecule has 5 rings (SSSR count). The van der Waals surface area contributed by atoms with Crippen LogP contribution in [0.2, 0.25) is 0 Å². The van der Waals surface area contributed by atoms with E-state index in [1.807, 2.05) is 13.0 Å². The molecule has 0 aromatic heterocycles. The highest BCUT2D eigenvalue weighted by Gasteiger charge is 2.58. The third-order valence-electron chi connectivity index (χ3n) is 5.96. The van der Waals surface area contributed by atoms with E-state index in [2.05, 4.69) is 52.7 Å². The number of esters is 1. The van der Waals surface area contributed by atoms with Gasteiger partial charge >= 0.3 is 5.97 Å². The first-order valence-electron chi connectivity index (χ1n) is 8.47. The van der Waals surface area contributed by atoms with E-state index in [0.29, 0.717) is 6.42 Å². The fourth-order valence-corrected chi connectivity index (χ4v) is 4.99. The number of ether oxygens (including phenoxy) is 1. The second kappa shape index (κ2) is 4.61. The highest BCUT2D eigenvalue weighted by molar-refractivity contribution is 5.88. The first-order valence-corrected chi connectivity index (χ1v) is 8.47. The standard InChI is InChI=1S/C20H20N2O2/c1-20(19(23)24-2)11-15-12-7-3-4-8-13(12)17-14-9-5-6-10-16(14)22(20)18(17)21-15/h3-10,15,17-18,21H,11H2,1-2H3/t15-,17+,18-,20-/m1/s1. The minimum atomic E-state index is -0.659. The topological polar surface area (TPSA) is 41.6 Å². The molecule has 0 unspecified atom stereocenters.